The molecule has 8 rings (SSSR count). The largest absolute Gasteiger partial charge is 0.397 e. The van der Waals surface area contributed by atoms with Gasteiger partial charge in [0.15, 0.2) is 0 Å². The van der Waals surface area contributed by atoms with Crippen molar-refractivity contribution in [3.05, 3.63) is 168 Å². The maximum Gasteiger partial charge on any atom is 0.0590 e. The Morgan fingerprint density at radius 3 is 1.76 bits per heavy atom. The normalized spacial score (nSPS) is 13.9. The number of nitrogens with two attached hydrogens (primary N) is 2. The number of hydrazine groups is 1. The van der Waals surface area contributed by atoms with Crippen molar-refractivity contribution in [1.82, 2.24) is 4.57 Å². The van der Waals surface area contributed by atoms with Crippen molar-refractivity contribution >= 4 is 50.3 Å². The van der Waals surface area contributed by atoms with E-state index >= 15 is 0 Å². The quantitative estimate of drug-likeness (QED) is 0.153. The summed E-state index contributed by atoms with van der Waals surface area (Å²) in [6.07, 6.45) is 1.79. The molecular weight excluding hydrogens is 562 g/mol. The minimum Gasteiger partial charge on any atom is -0.397 e. The Balaban J connectivity index is 1.12. The number of nitrogens with zero attached hydrogens (tertiary/aromatic N) is 3. The standard InChI is InChI=1S/C41H35N5/c1-41(2)34-16-5-9-20-39(34)46(40-21-10-6-17-35(40)41)31-13-11-12-30(26-31)44(43)27-36(42)28-22-24-29(25-23-28)45-37-18-7-3-14-32(37)33-15-4-8-19-38(33)45/h3-27H,42-43H2,1-2H3/b36-27-. The average molecular weight is 598 g/mol. The lowest BCUT2D eigenvalue weighted by Crippen LogP contribution is -2.30. The molecule has 0 aliphatic carbocycles. The second kappa shape index (κ2) is 10.7. The van der Waals surface area contributed by atoms with E-state index in [1.807, 2.05) is 12.1 Å². The third-order valence-electron chi connectivity index (χ3n) is 9.34. The van der Waals surface area contributed by atoms with Crippen LogP contribution in [0.15, 0.2) is 152 Å². The third-order valence-corrected chi connectivity index (χ3v) is 9.34. The summed E-state index contributed by atoms with van der Waals surface area (Å²) in [6.45, 7) is 4.59. The van der Waals surface area contributed by atoms with E-state index in [9.17, 15) is 0 Å². The second-order valence-corrected chi connectivity index (χ2v) is 12.4. The van der Waals surface area contributed by atoms with Gasteiger partial charge in [-0.3, -0.25) is 5.01 Å². The van der Waals surface area contributed by atoms with Crippen LogP contribution >= 0.6 is 0 Å². The number of para-hydroxylation sites is 4. The highest BCUT2D eigenvalue weighted by Crippen LogP contribution is 2.51. The summed E-state index contributed by atoms with van der Waals surface area (Å²) in [6, 6.07) is 51.0. The van der Waals surface area contributed by atoms with Gasteiger partial charge in [0.25, 0.3) is 0 Å². The first-order chi connectivity index (χ1) is 22.4. The molecule has 5 nitrogen and oxygen atoms in total. The average Bonchev–Trinajstić information content (AvgIpc) is 3.43. The summed E-state index contributed by atoms with van der Waals surface area (Å²) in [5, 5.41) is 4.08. The SMILES string of the molecule is CC1(C)c2ccccc2N(c2cccc(N(N)/C=C(\N)c3ccc(-n4c5ccccc5c5ccccc54)cc3)c2)c2ccccc21. The zero-order valence-corrected chi connectivity index (χ0v) is 25.9. The van der Waals surface area contributed by atoms with Crippen molar-refractivity contribution in [2.45, 2.75) is 19.3 Å². The number of fused-ring (bicyclic) bond motifs is 5. The molecule has 0 saturated carbocycles. The lowest BCUT2D eigenvalue weighted by Gasteiger charge is -2.42. The Labute approximate surface area is 269 Å². The smallest absolute Gasteiger partial charge is 0.0590 e. The number of anilines is 4. The molecule has 0 amide bonds. The minimum atomic E-state index is -0.116. The summed E-state index contributed by atoms with van der Waals surface area (Å²) in [7, 11) is 0. The number of rotatable bonds is 5. The van der Waals surface area contributed by atoms with E-state index < -0.39 is 0 Å². The Hall–Kier alpha value is -5.78. The van der Waals surface area contributed by atoms with Gasteiger partial charge in [0.05, 0.1) is 33.8 Å². The van der Waals surface area contributed by atoms with E-state index in [0.717, 1.165) is 22.6 Å². The summed E-state index contributed by atoms with van der Waals surface area (Å²) in [4.78, 5) is 2.33. The fourth-order valence-electron chi connectivity index (χ4n) is 7.04. The number of hydrogen-bond acceptors (Lipinski definition) is 4. The van der Waals surface area contributed by atoms with E-state index in [-0.39, 0.29) is 5.41 Å². The first-order valence-corrected chi connectivity index (χ1v) is 15.6. The highest BCUT2D eigenvalue weighted by atomic mass is 15.4. The molecule has 2 heterocycles. The Kier molecular flexibility index (Phi) is 6.45. The number of hydrogen-bond donors (Lipinski definition) is 2. The van der Waals surface area contributed by atoms with Gasteiger partial charge in [-0.1, -0.05) is 105 Å². The molecule has 0 fully saturated rings. The summed E-state index contributed by atoms with van der Waals surface area (Å²) in [5.74, 6) is 6.65. The van der Waals surface area contributed by atoms with E-state index in [1.54, 1.807) is 11.2 Å². The topological polar surface area (TPSA) is 63.4 Å². The van der Waals surface area contributed by atoms with Crippen molar-refractivity contribution in [3.8, 4) is 5.69 Å². The molecule has 1 aliphatic rings. The van der Waals surface area contributed by atoms with Crippen LogP contribution in [0.4, 0.5) is 22.7 Å². The molecule has 4 N–H and O–H groups in total. The molecule has 6 aromatic carbocycles. The van der Waals surface area contributed by atoms with Gasteiger partial charge in [0.1, 0.15) is 0 Å². The van der Waals surface area contributed by atoms with Crippen molar-refractivity contribution in [2.75, 3.05) is 9.91 Å². The zero-order valence-electron chi connectivity index (χ0n) is 25.9. The molecule has 5 heteroatoms. The first kappa shape index (κ1) is 27.7. The molecule has 224 valence electrons. The maximum atomic E-state index is 6.65. The van der Waals surface area contributed by atoms with Crippen LogP contribution in [0.3, 0.4) is 0 Å². The second-order valence-electron chi connectivity index (χ2n) is 12.4. The van der Waals surface area contributed by atoms with Gasteiger partial charge in [-0.25, -0.2) is 5.84 Å². The van der Waals surface area contributed by atoms with Gasteiger partial charge in [-0.05, 0) is 71.3 Å². The van der Waals surface area contributed by atoms with Crippen LogP contribution in [0.25, 0.3) is 33.2 Å². The van der Waals surface area contributed by atoms with Crippen molar-refractivity contribution in [2.24, 2.45) is 11.6 Å². The van der Waals surface area contributed by atoms with Crippen LogP contribution in [-0.4, -0.2) is 4.57 Å². The summed E-state index contributed by atoms with van der Waals surface area (Å²) in [5.41, 5.74) is 18.2. The molecule has 0 bridgehead atoms. The molecule has 0 saturated heterocycles. The van der Waals surface area contributed by atoms with Gasteiger partial charge in [-0.2, -0.15) is 0 Å². The molecule has 0 unspecified atom stereocenters. The molecule has 1 aliphatic heterocycles. The van der Waals surface area contributed by atoms with Crippen molar-refractivity contribution in [3.63, 3.8) is 0 Å². The fraction of sp³-hybridized carbons (Fsp3) is 0.0732. The first-order valence-electron chi connectivity index (χ1n) is 15.6. The third kappa shape index (κ3) is 4.36. The minimum absolute atomic E-state index is 0.116. The van der Waals surface area contributed by atoms with Crippen LogP contribution in [0.5, 0.6) is 0 Å². The van der Waals surface area contributed by atoms with E-state index in [4.69, 9.17) is 11.6 Å². The van der Waals surface area contributed by atoms with E-state index in [1.165, 1.54) is 44.3 Å². The molecule has 1 aromatic heterocycles. The predicted octanol–water partition coefficient (Wildman–Crippen LogP) is 9.53. The molecular formula is C41H35N5. The van der Waals surface area contributed by atoms with Crippen LogP contribution in [0.1, 0.15) is 30.5 Å². The Bertz CT molecular complexity index is 2170. The molecule has 0 spiro atoms. The van der Waals surface area contributed by atoms with Crippen LogP contribution in [0, 0.1) is 0 Å². The summed E-state index contributed by atoms with van der Waals surface area (Å²) >= 11 is 0. The van der Waals surface area contributed by atoms with Crippen LogP contribution < -0.4 is 21.5 Å². The maximum absolute atomic E-state index is 6.65. The van der Waals surface area contributed by atoms with E-state index in [0.29, 0.717) is 5.70 Å². The van der Waals surface area contributed by atoms with Crippen LogP contribution in [-0.2, 0) is 5.41 Å². The Morgan fingerprint density at radius 2 is 1.15 bits per heavy atom. The lowest BCUT2D eigenvalue weighted by molar-refractivity contribution is 0.632. The lowest BCUT2D eigenvalue weighted by atomic mass is 9.73. The van der Waals surface area contributed by atoms with Crippen molar-refractivity contribution in [1.29, 1.82) is 0 Å². The predicted molar refractivity (Wildman–Crippen MR) is 193 cm³/mol. The fourth-order valence-corrected chi connectivity index (χ4v) is 7.04. The van der Waals surface area contributed by atoms with E-state index in [2.05, 4.69) is 157 Å². The number of benzene rings is 6. The Morgan fingerprint density at radius 1 is 0.609 bits per heavy atom. The summed E-state index contributed by atoms with van der Waals surface area (Å²) < 4.78 is 2.30. The monoisotopic (exact) mass is 597 g/mol. The molecule has 0 radical (unpaired) electrons. The zero-order chi connectivity index (χ0) is 31.4. The van der Waals surface area contributed by atoms with Gasteiger partial charge in [-0.15, -0.1) is 0 Å². The highest BCUT2D eigenvalue weighted by Gasteiger charge is 2.36. The highest BCUT2D eigenvalue weighted by molar-refractivity contribution is 6.09. The van der Waals surface area contributed by atoms with Crippen molar-refractivity contribution < 1.29 is 0 Å². The number of aromatic nitrogens is 1. The van der Waals surface area contributed by atoms with Gasteiger partial charge < -0.3 is 15.2 Å². The van der Waals surface area contributed by atoms with Gasteiger partial charge in [0, 0.05) is 33.8 Å². The van der Waals surface area contributed by atoms with Gasteiger partial charge >= 0.3 is 0 Å². The van der Waals surface area contributed by atoms with Gasteiger partial charge in [0.2, 0.25) is 0 Å². The molecule has 7 aromatic rings. The molecule has 0 atom stereocenters. The van der Waals surface area contributed by atoms with Crippen LogP contribution in [0.2, 0.25) is 0 Å². The molecule has 46 heavy (non-hydrogen) atoms.